The maximum absolute atomic E-state index is 9.52. The van der Waals surface area contributed by atoms with Gasteiger partial charge in [-0.15, -0.1) is 0 Å². The molecule has 2 aliphatic rings. The topological polar surface area (TPSA) is 108 Å². The van der Waals surface area contributed by atoms with Crippen LogP contribution in [0.3, 0.4) is 0 Å². The lowest BCUT2D eigenvalue weighted by Gasteiger charge is -2.29. The van der Waals surface area contributed by atoms with Crippen LogP contribution in [0.5, 0.6) is 0 Å². The van der Waals surface area contributed by atoms with Gasteiger partial charge in [-0.05, 0) is 44.4 Å². The second-order valence-electron chi connectivity index (χ2n) is 8.16. The first-order chi connectivity index (χ1) is 15.1. The first kappa shape index (κ1) is 19.5. The van der Waals surface area contributed by atoms with Gasteiger partial charge in [-0.3, -0.25) is 4.68 Å². The highest BCUT2D eigenvalue weighted by Gasteiger charge is 2.28. The maximum Gasteiger partial charge on any atom is 0.228 e. The van der Waals surface area contributed by atoms with Crippen LogP contribution in [0.25, 0.3) is 11.4 Å². The summed E-state index contributed by atoms with van der Waals surface area (Å²) in [6.07, 6.45) is 5.34. The summed E-state index contributed by atoms with van der Waals surface area (Å²) in [5.74, 6) is 1.19. The van der Waals surface area contributed by atoms with Gasteiger partial charge in [-0.25, -0.2) is 15.0 Å². The van der Waals surface area contributed by atoms with Crippen molar-refractivity contribution >= 4 is 17.5 Å². The smallest absolute Gasteiger partial charge is 0.228 e. The summed E-state index contributed by atoms with van der Waals surface area (Å²) in [5, 5.41) is 20.6. The molecule has 3 aromatic rings. The van der Waals surface area contributed by atoms with Crippen LogP contribution in [-0.2, 0) is 12.8 Å². The minimum absolute atomic E-state index is 0.132. The molecule has 0 bridgehead atoms. The van der Waals surface area contributed by atoms with Crippen molar-refractivity contribution in [2.75, 3.05) is 36.4 Å². The van der Waals surface area contributed by atoms with E-state index in [9.17, 15) is 5.26 Å². The van der Waals surface area contributed by atoms with Crippen molar-refractivity contribution in [3.8, 4) is 17.5 Å². The number of pyridine rings is 1. The molecule has 0 spiro atoms. The number of hydrogen-bond donors (Lipinski definition) is 2. The number of fused-ring (bicyclic) bond motifs is 3. The quantitative estimate of drug-likeness (QED) is 0.669. The third-order valence-corrected chi connectivity index (χ3v) is 5.81. The van der Waals surface area contributed by atoms with E-state index in [-0.39, 0.29) is 6.04 Å². The molecule has 1 aliphatic carbocycles. The maximum atomic E-state index is 9.52. The minimum atomic E-state index is 0.132. The molecule has 9 nitrogen and oxygen atoms in total. The monoisotopic (exact) mass is 415 g/mol. The first-order valence-corrected chi connectivity index (χ1v) is 10.7. The van der Waals surface area contributed by atoms with Crippen LogP contribution in [0.2, 0.25) is 0 Å². The Morgan fingerprint density at radius 2 is 1.97 bits per heavy atom. The van der Waals surface area contributed by atoms with Crippen molar-refractivity contribution in [1.29, 1.82) is 5.26 Å². The van der Waals surface area contributed by atoms with Gasteiger partial charge in [0.1, 0.15) is 11.9 Å². The third-order valence-electron chi connectivity index (χ3n) is 5.81. The second-order valence-corrected chi connectivity index (χ2v) is 8.16. The molecule has 1 saturated heterocycles. The lowest BCUT2D eigenvalue weighted by Crippen LogP contribution is -2.43. The predicted molar refractivity (Wildman–Crippen MR) is 118 cm³/mol. The Bertz CT molecular complexity index is 1140. The molecule has 31 heavy (non-hydrogen) atoms. The van der Waals surface area contributed by atoms with Gasteiger partial charge in [0.2, 0.25) is 5.95 Å². The third kappa shape index (κ3) is 3.59. The van der Waals surface area contributed by atoms with Gasteiger partial charge in [0, 0.05) is 44.0 Å². The average molecular weight is 416 g/mol. The highest BCUT2D eigenvalue weighted by atomic mass is 15.3. The van der Waals surface area contributed by atoms with Crippen LogP contribution in [0.15, 0.2) is 24.5 Å². The number of piperazine rings is 1. The van der Waals surface area contributed by atoms with Crippen LogP contribution < -0.4 is 15.5 Å². The highest BCUT2D eigenvalue weighted by Crippen LogP contribution is 2.35. The number of aryl methyl sites for hydroxylation is 1. The summed E-state index contributed by atoms with van der Waals surface area (Å²) in [6, 6.07) is 6.40. The zero-order chi connectivity index (χ0) is 21.4. The Kier molecular flexibility index (Phi) is 5.00. The minimum Gasteiger partial charge on any atom is -0.368 e. The van der Waals surface area contributed by atoms with Crippen molar-refractivity contribution in [3.05, 3.63) is 41.3 Å². The number of anilines is 3. The molecule has 0 aromatic carbocycles. The average Bonchev–Trinajstić information content (AvgIpc) is 3.20. The number of nitrogens with one attached hydrogen (secondary N) is 2. The molecule has 158 valence electrons. The molecular weight excluding hydrogens is 390 g/mol. The molecule has 1 aliphatic heterocycles. The SMILES string of the molecule is CC(C)n1nc(C#N)c2c1-c1nc(Nc3ccc(N4CCNCC4)cn3)ncc1CC2. The molecule has 3 aromatic heterocycles. The molecule has 0 atom stereocenters. The van der Waals surface area contributed by atoms with E-state index in [1.807, 2.05) is 23.1 Å². The molecule has 0 saturated carbocycles. The van der Waals surface area contributed by atoms with Crippen molar-refractivity contribution in [1.82, 2.24) is 30.0 Å². The van der Waals surface area contributed by atoms with Crippen LogP contribution >= 0.6 is 0 Å². The molecule has 5 rings (SSSR count). The van der Waals surface area contributed by atoms with Gasteiger partial charge < -0.3 is 15.5 Å². The van der Waals surface area contributed by atoms with E-state index in [0.29, 0.717) is 17.5 Å². The second kappa shape index (κ2) is 7.96. The van der Waals surface area contributed by atoms with Crippen molar-refractivity contribution in [2.24, 2.45) is 0 Å². The van der Waals surface area contributed by atoms with E-state index in [1.54, 1.807) is 0 Å². The van der Waals surface area contributed by atoms with Crippen molar-refractivity contribution < 1.29 is 0 Å². The van der Waals surface area contributed by atoms with Crippen molar-refractivity contribution in [2.45, 2.75) is 32.7 Å². The van der Waals surface area contributed by atoms with Crippen LogP contribution in [-0.4, -0.2) is 50.9 Å². The Morgan fingerprint density at radius 1 is 1.13 bits per heavy atom. The molecular formula is C22H25N9. The fraction of sp³-hybridized carbons (Fsp3) is 0.409. The number of nitriles is 1. The number of rotatable bonds is 4. The number of nitrogens with zero attached hydrogens (tertiary/aromatic N) is 7. The van der Waals surface area contributed by atoms with E-state index in [1.165, 1.54) is 0 Å². The normalized spacial score (nSPS) is 15.4. The van der Waals surface area contributed by atoms with Crippen LogP contribution in [0.4, 0.5) is 17.5 Å². The van der Waals surface area contributed by atoms with E-state index in [0.717, 1.165) is 67.2 Å². The van der Waals surface area contributed by atoms with E-state index < -0.39 is 0 Å². The fourth-order valence-corrected chi connectivity index (χ4v) is 4.22. The summed E-state index contributed by atoms with van der Waals surface area (Å²) in [4.78, 5) is 16.2. The zero-order valence-corrected chi connectivity index (χ0v) is 17.8. The Labute approximate surface area is 181 Å². The summed E-state index contributed by atoms with van der Waals surface area (Å²) in [5.41, 5.74) is 5.44. The molecule has 2 N–H and O–H groups in total. The van der Waals surface area contributed by atoms with E-state index in [4.69, 9.17) is 4.98 Å². The molecule has 1 fully saturated rings. The van der Waals surface area contributed by atoms with Crippen LogP contribution in [0, 0.1) is 11.3 Å². The first-order valence-electron chi connectivity index (χ1n) is 10.7. The highest BCUT2D eigenvalue weighted by molar-refractivity contribution is 5.70. The van der Waals surface area contributed by atoms with Gasteiger partial charge >= 0.3 is 0 Å². The standard InChI is InChI=1S/C22H25N9/c1-14(2)31-21-17(18(11-23)29-31)5-3-15-12-26-22(28-20(15)21)27-19-6-4-16(13-25-19)30-9-7-24-8-10-30/h4,6,12-14,24H,3,5,7-10H2,1-2H3,(H,25,26,27,28). The Balaban J connectivity index is 1.43. The zero-order valence-electron chi connectivity index (χ0n) is 17.8. The predicted octanol–water partition coefficient (Wildman–Crippen LogP) is 2.44. The van der Waals surface area contributed by atoms with Crippen LogP contribution in [0.1, 0.15) is 36.7 Å². The molecule has 9 heteroatoms. The summed E-state index contributed by atoms with van der Waals surface area (Å²) in [7, 11) is 0. The van der Waals surface area contributed by atoms with Gasteiger partial charge in [-0.2, -0.15) is 10.4 Å². The Morgan fingerprint density at radius 3 is 2.68 bits per heavy atom. The summed E-state index contributed by atoms with van der Waals surface area (Å²) >= 11 is 0. The molecule has 4 heterocycles. The van der Waals surface area contributed by atoms with Gasteiger partial charge in [0.05, 0.1) is 23.3 Å². The van der Waals surface area contributed by atoms with Gasteiger partial charge in [0.15, 0.2) is 5.69 Å². The largest absolute Gasteiger partial charge is 0.368 e. The van der Waals surface area contributed by atoms with Gasteiger partial charge in [-0.1, -0.05) is 0 Å². The van der Waals surface area contributed by atoms with Crippen molar-refractivity contribution in [3.63, 3.8) is 0 Å². The molecule has 0 amide bonds. The lowest BCUT2D eigenvalue weighted by atomic mass is 9.93. The number of hydrogen-bond acceptors (Lipinski definition) is 8. The fourth-order valence-electron chi connectivity index (χ4n) is 4.22. The number of aromatic nitrogens is 5. The Hall–Kier alpha value is -3.51. The molecule has 0 radical (unpaired) electrons. The van der Waals surface area contributed by atoms with E-state index in [2.05, 4.69) is 56.6 Å². The molecule has 0 unspecified atom stereocenters. The summed E-state index contributed by atoms with van der Waals surface area (Å²) in [6.45, 7) is 8.08. The van der Waals surface area contributed by atoms with Gasteiger partial charge in [0.25, 0.3) is 0 Å². The van der Waals surface area contributed by atoms with E-state index >= 15 is 0 Å². The summed E-state index contributed by atoms with van der Waals surface area (Å²) < 4.78 is 1.91. The lowest BCUT2D eigenvalue weighted by molar-refractivity contribution is 0.535.